The van der Waals surface area contributed by atoms with Crippen LogP contribution in [0.25, 0.3) is 0 Å². The molecule has 0 saturated carbocycles. The molecule has 0 spiro atoms. The number of benzene rings is 1. The number of carboxylic acids is 1. The first-order chi connectivity index (χ1) is 7.04. The van der Waals surface area contributed by atoms with E-state index in [-0.39, 0.29) is 11.5 Å². The summed E-state index contributed by atoms with van der Waals surface area (Å²) in [5.41, 5.74) is 1.43. The maximum absolute atomic E-state index is 11.0. The molecule has 0 fully saturated rings. The average Bonchev–Trinajstić information content (AvgIpc) is 2.20. The number of carboxylic acid groups (broad SMARTS) is 1. The molecule has 4 nitrogen and oxygen atoms in total. The van der Waals surface area contributed by atoms with E-state index in [1.54, 1.807) is 13.0 Å². The van der Waals surface area contributed by atoms with E-state index in [1.807, 2.05) is 0 Å². The van der Waals surface area contributed by atoms with Gasteiger partial charge in [-0.3, -0.25) is 4.79 Å². The second-order valence-electron chi connectivity index (χ2n) is 3.03. The summed E-state index contributed by atoms with van der Waals surface area (Å²) < 4.78 is 0. The molecular weight excluding hydrogens is 194 g/mol. The Balaban J connectivity index is 3.05. The summed E-state index contributed by atoms with van der Waals surface area (Å²) in [6.45, 7) is 5.10. The molecule has 0 bridgehead atoms. The Labute approximate surface area is 87.2 Å². The molecule has 1 aromatic rings. The number of anilines is 1. The first kappa shape index (κ1) is 11.0. The largest absolute Gasteiger partial charge is 0.478 e. The minimum atomic E-state index is -1.02. The van der Waals surface area contributed by atoms with Gasteiger partial charge in [0, 0.05) is 5.69 Å². The van der Waals surface area contributed by atoms with E-state index >= 15 is 0 Å². The van der Waals surface area contributed by atoms with E-state index in [0.29, 0.717) is 5.69 Å². The SMILES string of the molecule is C=CC(=O)Nc1cc(C(=O)O)ccc1C. The number of carbonyl (C=O) groups excluding carboxylic acids is 1. The van der Waals surface area contributed by atoms with Crippen molar-refractivity contribution in [1.29, 1.82) is 0 Å². The number of rotatable bonds is 3. The van der Waals surface area contributed by atoms with Crippen LogP contribution in [0.1, 0.15) is 15.9 Å². The Kier molecular flexibility index (Phi) is 3.23. The van der Waals surface area contributed by atoms with Crippen LogP contribution in [0.15, 0.2) is 30.9 Å². The minimum absolute atomic E-state index is 0.139. The highest BCUT2D eigenvalue weighted by atomic mass is 16.4. The van der Waals surface area contributed by atoms with Crippen molar-refractivity contribution in [2.24, 2.45) is 0 Å². The standard InChI is InChI=1S/C11H11NO3/c1-3-10(13)12-9-6-8(11(14)15)5-4-7(9)2/h3-6H,1H2,2H3,(H,12,13)(H,14,15). The van der Waals surface area contributed by atoms with Crippen LogP contribution in [0.3, 0.4) is 0 Å². The molecular formula is C11H11NO3. The lowest BCUT2D eigenvalue weighted by Crippen LogP contribution is -2.09. The first-order valence-corrected chi connectivity index (χ1v) is 4.32. The van der Waals surface area contributed by atoms with Crippen LogP contribution in [0.5, 0.6) is 0 Å². The fraction of sp³-hybridized carbons (Fsp3) is 0.0909. The molecule has 0 aromatic heterocycles. The number of aryl methyl sites for hydroxylation is 1. The van der Waals surface area contributed by atoms with Gasteiger partial charge in [0.05, 0.1) is 5.56 Å². The molecule has 0 aliphatic heterocycles. The molecule has 4 heteroatoms. The van der Waals surface area contributed by atoms with Gasteiger partial charge < -0.3 is 10.4 Å². The predicted molar refractivity (Wildman–Crippen MR) is 57.0 cm³/mol. The van der Waals surface area contributed by atoms with E-state index in [2.05, 4.69) is 11.9 Å². The third kappa shape index (κ3) is 2.67. The van der Waals surface area contributed by atoms with Crippen molar-refractivity contribution in [3.8, 4) is 0 Å². The third-order valence-electron chi connectivity index (χ3n) is 1.93. The highest BCUT2D eigenvalue weighted by Gasteiger charge is 2.07. The average molecular weight is 205 g/mol. The van der Waals surface area contributed by atoms with Crippen LogP contribution in [0.4, 0.5) is 5.69 Å². The van der Waals surface area contributed by atoms with Crippen LogP contribution in [0.2, 0.25) is 0 Å². The summed E-state index contributed by atoms with van der Waals surface area (Å²) in [5, 5.41) is 11.3. The van der Waals surface area contributed by atoms with Gasteiger partial charge in [-0.1, -0.05) is 12.6 Å². The second kappa shape index (κ2) is 4.41. The first-order valence-electron chi connectivity index (χ1n) is 4.32. The smallest absolute Gasteiger partial charge is 0.335 e. The van der Waals surface area contributed by atoms with Crippen molar-refractivity contribution in [2.75, 3.05) is 5.32 Å². The summed E-state index contributed by atoms with van der Waals surface area (Å²) in [6.07, 6.45) is 1.13. The van der Waals surface area contributed by atoms with Gasteiger partial charge in [0.25, 0.3) is 0 Å². The quantitative estimate of drug-likeness (QED) is 0.739. The highest BCUT2D eigenvalue weighted by Crippen LogP contribution is 2.16. The van der Waals surface area contributed by atoms with Crippen LogP contribution < -0.4 is 5.32 Å². The van der Waals surface area contributed by atoms with Crippen molar-refractivity contribution < 1.29 is 14.7 Å². The zero-order valence-electron chi connectivity index (χ0n) is 8.28. The molecule has 0 radical (unpaired) electrons. The number of amides is 1. The van der Waals surface area contributed by atoms with Gasteiger partial charge in [-0.25, -0.2) is 4.79 Å². The molecule has 0 saturated heterocycles. The van der Waals surface area contributed by atoms with E-state index in [4.69, 9.17) is 5.11 Å². The Hall–Kier alpha value is -2.10. The summed E-state index contributed by atoms with van der Waals surface area (Å²) >= 11 is 0. The lowest BCUT2D eigenvalue weighted by atomic mass is 10.1. The van der Waals surface area contributed by atoms with Crippen molar-refractivity contribution >= 4 is 17.6 Å². The Morgan fingerprint density at radius 3 is 2.67 bits per heavy atom. The van der Waals surface area contributed by atoms with Crippen LogP contribution >= 0.6 is 0 Å². The number of aromatic carboxylic acids is 1. The van der Waals surface area contributed by atoms with Gasteiger partial charge in [0.2, 0.25) is 5.91 Å². The van der Waals surface area contributed by atoms with Crippen LogP contribution in [-0.2, 0) is 4.79 Å². The fourth-order valence-electron chi connectivity index (χ4n) is 1.07. The normalized spacial score (nSPS) is 9.40. The lowest BCUT2D eigenvalue weighted by molar-refractivity contribution is -0.111. The lowest BCUT2D eigenvalue weighted by Gasteiger charge is -2.07. The Morgan fingerprint density at radius 1 is 1.47 bits per heavy atom. The molecule has 78 valence electrons. The van der Waals surface area contributed by atoms with Crippen molar-refractivity contribution in [1.82, 2.24) is 0 Å². The molecule has 1 rings (SSSR count). The molecule has 0 aliphatic rings. The van der Waals surface area contributed by atoms with E-state index < -0.39 is 5.97 Å². The van der Waals surface area contributed by atoms with Gasteiger partial charge in [0.1, 0.15) is 0 Å². The van der Waals surface area contributed by atoms with Crippen LogP contribution in [0, 0.1) is 6.92 Å². The maximum atomic E-state index is 11.0. The maximum Gasteiger partial charge on any atom is 0.335 e. The van der Waals surface area contributed by atoms with Gasteiger partial charge in [-0.05, 0) is 30.7 Å². The van der Waals surface area contributed by atoms with E-state index in [1.165, 1.54) is 12.1 Å². The third-order valence-corrected chi connectivity index (χ3v) is 1.93. The Morgan fingerprint density at radius 2 is 2.13 bits per heavy atom. The number of nitrogens with one attached hydrogen (secondary N) is 1. The molecule has 0 atom stereocenters. The van der Waals surface area contributed by atoms with Gasteiger partial charge >= 0.3 is 5.97 Å². The molecule has 15 heavy (non-hydrogen) atoms. The summed E-state index contributed by atoms with van der Waals surface area (Å²) in [6, 6.07) is 4.54. The second-order valence-corrected chi connectivity index (χ2v) is 3.03. The van der Waals surface area contributed by atoms with Gasteiger partial charge in [-0.2, -0.15) is 0 Å². The number of carbonyl (C=O) groups is 2. The van der Waals surface area contributed by atoms with Crippen molar-refractivity contribution in [3.05, 3.63) is 42.0 Å². The van der Waals surface area contributed by atoms with Crippen LogP contribution in [-0.4, -0.2) is 17.0 Å². The minimum Gasteiger partial charge on any atom is -0.478 e. The monoisotopic (exact) mass is 205 g/mol. The predicted octanol–water partition coefficient (Wildman–Crippen LogP) is 1.82. The molecule has 2 N–H and O–H groups in total. The van der Waals surface area contributed by atoms with E-state index in [9.17, 15) is 9.59 Å². The van der Waals surface area contributed by atoms with Gasteiger partial charge in [-0.15, -0.1) is 0 Å². The highest BCUT2D eigenvalue weighted by molar-refractivity contribution is 6.00. The summed E-state index contributed by atoms with van der Waals surface area (Å²) in [7, 11) is 0. The zero-order valence-corrected chi connectivity index (χ0v) is 8.28. The molecule has 0 heterocycles. The topological polar surface area (TPSA) is 66.4 Å². The molecule has 0 aliphatic carbocycles. The summed E-state index contributed by atoms with van der Waals surface area (Å²) in [5.74, 6) is -1.38. The zero-order chi connectivity index (χ0) is 11.4. The fourth-order valence-corrected chi connectivity index (χ4v) is 1.07. The van der Waals surface area contributed by atoms with Crippen molar-refractivity contribution in [3.63, 3.8) is 0 Å². The molecule has 1 aromatic carbocycles. The molecule has 1 amide bonds. The Bertz CT molecular complexity index is 424. The van der Waals surface area contributed by atoms with Crippen molar-refractivity contribution in [2.45, 2.75) is 6.92 Å². The van der Waals surface area contributed by atoms with Gasteiger partial charge in [0.15, 0.2) is 0 Å². The van der Waals surface area contributed by atoms with E-state index in [0.717, 1.165) is 11.6 Å². The number of hydrogen-bond acceptors (Lipinski definition) is 2. The summed E-state index contributed by atoms with van der Waals surface area (Å²) in [4.78, 5) is 21.7. The molecule has 0 unspecified atom stereocenters. The number of hydrogen-bond donors (Lipinski definition) is 2.